The topological polar surface area (TPSA) is 32.8 Å². The normalized spacial score (nSPS) is 26.5. The molecule has 1 saturated heterocycles. The average Bonchev–Trinajstić information content (AvgIpc) is 2.23. The second kappa shape index (κ2) is 5.35. The minimum Gasteiger partial charge on any atom is -0.375 e. The lowest BCUT2D eigenvalue weighted by molar-refractivity contribution is -0.0368. The smallest absolute Gasteiger partial charge is 0.320 e. The standard InChI is InChI=1S/C11H22N2O2/c1-5-12(6-2)11(14)13-7-10(4)15-8-9(13)3/h9-10H,5-8H2,1-4H3. The zero-order valence-electron chi connectivity index (χ0n) is 10.2. The molecule has 0 spiro atoms. The summed E-state index contributed by atoms with van der Waals surface area (Å²) < 4.78 is 5.51. The van der Waals surface area contributed by atoms with Crippen LogP contribution in [0.5, 0.6) is 0 Å². The molecule has 0 N–H and O–H groups in total. The Kier molecular flexibility index (Phi) is 4.39. The predicted molar refractivity (Wildman–Crippen MR) is 59.9 cm³/mol. The van der Waals surface area contributed by atoms with E-state index in [1.807, 2.05) is 37.5 Å². The summed E-state index contributed by atoms with van der Waals surface area (Å²) in [5.41, 5.74) is 0. The van der Waals surface area contributed by atoms with Crippen molar-refractivity contribution >= 4 is 6.03 Å². The van der Waals surface area contributed by atoms with E-state index in [1.54, 1.807) is 0 Å². The van der Waals surface area contributed by atoms with Crippen LogP contribution in [0.1, 0.15) is 27.7 Å². The first-order valence-corrected chi connectivity index (χ1v) is 5.77. The summed E-state index contributed by atoms with van der Waals surface area (Å²) in [4.78, 5) is 15.9. The minimum atomic E-state index is 0.141. The van der Waals surface area contributed by atoms with E-state index in [0.29, 0.717) is 13.2 Å². The first-order valence-electron chi connectivity index (χ1n) is 5.77. The number of hydrogen-bond donors (Lipinski definition) is 0. The first kappa shape index (κ1) is 12.3. The molecule has 15 heavy (non-hydrogen) atoms. The van der Waals surface area contributed by atoms with Gasteiger partial charge in [-0.25, -0.2) is 4.79 Å². The second-order valence-corrected chi connectivity index (χ2v) is 4.10. The van der Waals surface area contributed by atoms with Crippen LogP contribution < -0.4 is 0 Å². The Balaban J connectivity index is 2.63. The molecule has 4 nitrogen and oxygen atoms in total. The summed E-state index contributed by atoms with van der Waals surface area (Å²) in [7, 11) is 0. The number of hydrogen-bond acceptors (Lipinski definition) is 2. The number of carbonyl (C=O) groups excluding carboxylic acids is 1. The van der Waals surface area contributed by atoms with Gasteiger partial charge in [0.25, 0.3) is 0 Å². The molecule has 1 rings (SSSR count). The lowest BCUT2D eigenvalue weighted by Crippen LogP contribution is -2.54. The summed E-state index contributed by atoms with van der Waals surface area (Å²) in [5.74, 6) is 0. The van der Waals surface area contributed by atoms with E-state index in [2.05, 4.69) is 0 Å². The molecule has 1 aliphatic rings. The molecule has 2 unspecified atom stereocenters. The van der Waals surface area contributed by atoms with E-state index >= 15 is 0 Å². The van der Waals surface area contributed by atoms with E-state index in [1.165, 1.54) is 0 Å². The van der Waals surface area contributed by atoms with Gasteiger partial charge in [-0.2, -0.15) is 0 Å². The van der Waals surface area contributed by atoms with Gasteiger partial charge in [0.15, 0.2) is 0 Å². The highest BCUT2D eigenvalue weighted by Gasteiger charge is 2.29. The van der Waals surface area contributed by atoms with Crippen molar-refractivity contribution in [1.82, 2.24) is 9.80 Å². The number of amides is 2. The minimum absolute atomic E-state index is 0.141. The van der Waals surface area contributed by atoms with Crippen molar-refractivity contribution in [3.8, 4) is 0 Å². The average molecular weight is 214 g/mol. The maximum atomic E-state index is 12.1. The zero-order chi connectivity index (χ0) is 11.4. The molecule has 88 valence electrons. The Bertz CT molecular complexity index is 217. The molecule has 0 aromatic heterocycles. The van der Waals surface area contributed by atoms with Crippen LogP contribution in [0.4, 0.5) is 4.79 Å². The number of carbonyl (C=O) groups is 1. The summed E-state index contributed by atoms with van der Waals surface area (Å²) >= 11 is 0. The Morgan fingerprint density at radius 3 is 2.53 bits per heavy atom. The van der Waals surface area contributed by atoms with Gasteiger partial charge in [0.1, 0.15) is 0 Å². The molecule has 0 aromatic rings. The zero-order valence-corrected chi connectivity index (χ0v) is 10.2. The van der Waals surface area contributed by atoms with Crippen LogP contribution >= 0.6 is 0 Å². The molecular weight excluding hydrogens is 192 g/mol. The Morgan fingerprint density at radius 1 is 1.40 bits per heavy atom. The molecule has 1 aliphatic heterocycles. The highest BCUT2D eigenvalue weighted by Crippen LogP contribution is 2.13. The van der Waals surface area contributed by atoms with Gasteiger partial charge in [-0.3, -0.25) is 0 Å². The van der Waals surface area contributed by atoms with Crippen LogP contribution in [-0.2, 0) is 4.74 Å². The van der Waals surface area contributed by atoms with Crippen molar-refractivity contribution in [2.75, 3.05) is 26.2 Å². The van der Waals surface area contributed by atoms with Gasteiger partial charge < -0.3 is 14.5 Å². The van der Waals surface area contributed by atoms with Crippen LogP contribution in [0.25, 0.3) is 0 Å². The number of urea groups is 1. The van der Waals surface area contributed by atoms with Gasteiger partial charge in [0.2, 0.25) is 0 Å². The third kappa shape index (κ3) is 2.84. The van der Waals surface area contributed by atoms with Crippen molar-refractivity contribution in [2.45, 2.75) is 39.8 Å². The van der Waals surface area contributed by atoms with Crippen LogP contribution in [0.3, 0.4) is 0 Å². The van der Waals surface area contributed by atoms with Crippen LogP contribution in [0.2, 0.25) is 0 Å². The largest absolute Gasteiger partial charge is 0.375 e. The van der Waals surface area contributed by atoms with Crippen molar-refractivity contribution < 1.29 is 9.53 Å². The maximum Gasteiger partial charge on any atom is 0.320 e. The van der Waals surface area contributed by atoms with Gasteiger partial charge in [0.05, 0.1) is 18.8 Å². The predicted octanol–water partition coefficient (Wildman–Crippen LogP) is 1.56. The highest BCUT2D eigenvalue weighted by molar-refractivity contribution is 5.74. The van der Waals surface area contributed by atoms with Gasteiger partial charge in [-0.15, -0.1) is 0 Å². The number of rotatable bonds is 2. The van der Waals surface area contributed by atoms with Crippen LogP contribution in [-0.4, -0.2) is 54.2 Å². The first-order chi connectivity index (χ1) is 7.10. The SMILES string of the molecule is CCN(CC)C(=O)N1CC(C)OCC1C. The molecule has 2 amide bonds. The van der Waals surface area contributed by atoms with Crippen molar-refractivity contribution in [3.63, 3.8) is 0 Å². The molecule has 0 aromatic carbocycles. The molecule has 0 radical (unpaired) electrons. The molecule has 1 heterocycles. The molecule has 2 atom stereocenters. The fourth-order valence-corrected chi connectivity index (χ4v) is 1.85. The van der Waals surface area contributed by atoms with E-state index in [-0.39, 0.29) is 18.2 Å². The van der Waals surface area contributed by atoms with Crippen molar-refractivity contribution in [1.29, 1.82) is 0 Å². The van der Waals surface area contributed by atoms with E-state index in [4.69, 9.17) is 4.74 Å². The lowest BCUT2D eigenvalue weighted by Gasteiger charge is -2.39. The molecule has 1 fully saturated rings. The number of ether oxygens (including phenoxy) is 1. The monoisotopic (exact) mass is 214 g/mol. The summed E-state index contributed by atoms with van der Waals surface area (Å²) in [5, 5.41) is 0. The molecule has 0 aliphatic carbocycles. The molecule has 4 heteroatoms. The van der Waals surface area contributed by atoms with Gasteiger partial charge in [-0.1, -0.05) is 0 Å². The maximum absolute atomic E-state index is 12.1. The summed E-state index contributed by atoms with van der Waals surface area (Å²) in [6.07, 6.45) is 0.153. The van der Waals surface area contributed by atoms with E-state index in [9.17, 15) is 4.79 Å². The van der Waals surface area contributed by atoms with Gasteiger partial charge in [0, 0.05) is 19.6 Å². The Labute approximate surface area is 92.2 Å². The molecular formula is C11H22N2O2. The van der Waals surface area contributed by atoms with Crippen LogP contribution in [0, 0.1) is 0 Å². The summed E-state index contributed by atoms with van der Waals surface area (Å²) in [6.45, 7) is 11.0. The van der Waals surface area contributed by atoms with E-state index < -0.39 is 0 Å². The van der Waals surface area contributed by atoms with E-state index in [0.717, 1.165) is 13.1 Å². The third-order valence-electron chi connectivity index (χ3n) is 2.89. The quantitative estimate of drug-likeness (QED) is 0.699. The van der Waals surface area contributed by atoms with Crippen molar-refractivity contribution in [3.05, 3.63) is 0 Å². The van der Waals surface area contributed by atoms with Crippen LogP contribution in [0.15, 0.2) is 0 Å². The molecule has 0 saturated carbocycles. The second-order valence-electron chi connectivity index (χ2n) is 4.10. The Hall–Kier alpha value is -0.770. The van der Waals surface area contributed by atoms with Gasteiger partial charge in [-0.05, 0) is 27.7 Å². The summed E-state index contributed by atoms with van der Waals surface area (Å²) in [6, 6.07) is 0.331. The van der Waals surface area contributed by atoms with Crippen molar-refractivity contribution in [2.24, 2.45) is 0 Å². The highest BCUT2D eigenvalue weighted by atomic mass is 16.5. The number of nitrogens with zero attached hydrogens (tertiary/aromatic N) is 2. The number of morpholine rings is 1. The third-order valence-corrected chi connectivity index (χ3v) is 2.89. The van der Waals surface area contributed by atoms with Gasteiger partial charge >= 0.3 is 6.03 Å². The fourth-order valence-electron chi connectivity index (χ4n) is 1.85. The lowest BCUT2D eigenvalue weighted by atomic mass is 10.2. The molecule has 0 bridgehead atoms. The Morgan fingerprint density at radius 2 is 2.00 bits per heavy atom. The fraction of sp³-hybridized carbons (Fsp3) is 0.909.